The number of aromatic nitrogens is 2. The molecular weight excluding hydrogens is 264 g/mol. The van der Waals surface area contributed by atoms with E-state index in [2.05, 4.69) is 24.3 Å². The van der Waals surface area contributed by atoms with Gasteiger partial charge in [-0.2, -0.15) is 5.10 Å². The largest absolute Gasteiger partial charge is 0.370 e. The van der Waals surface area contributed by atoms with Crippen molar-refractivity contribution in [2.75, 3.05) is 6.54 Å². The minimum atomic E-state index is -0.236. The number of rotatable bonds is 9. The summed E-state index contributed by atoms with van der Waals surface area (Å²) >= 11 is 6.31. The highest BCUT2D eigenvalue weighted by Gasteiger charge is 2.13. The maximum absolute atomic E-state index is 10.6. The zero-order valence-electron chi connectivity index (χ0n) is 11.7. The van der Waals surface area contributed by atoms with E-state index in [0.29, 0.717) is 13.0 Å². The first-order valence-corrected chi connectivity index (χ1v) is 7.21. The van der Waals surface area contributed by atoms with Crippen molar-refractivity contribution in [1.82, 2.24) is 15.1 Å². The lowest BCUT2D eigenvalue weighted by Crippen LogP contribution is -2.18. The van der Waals surface area contributed by atoms with Crippen molar-refractivity contribution in [2.45, 2.75) is 52.6 Å². The zero-order valence-corrected chi connectivity index (χ0v) is 12.5. The van der Waals surface area contributed by atoms with Gasteiger partial charge in [0.05, 0.1) is 16.4 Å². The molecular formula is C13H23ClN4O. The van der Waals surface area contributed by atoms with E-state index >= 15 is 0 Å². The molecule has 19 heavy (non-hydrogen) atoms. The summed E-state index contributed by atoms with van der Waals surface area (Å²) in [5.74, 6) is -0.236. The molecule has 0 aliphatic heterocycles. The third kappa shape index (κ3) is 4.84. The van der Waals surface area contributed by atoms with Crippen LogP contribution in [0, 0.1) is 0 Å². The summed E-state index contributed by atoms with van der Waals surface area (Å²) in [7, 11) is 0. The Bertz CT molecular complexity index is 417. The normalized spacial score (nSPS) is 10.9. The van der Waals surface area contributed by atoms with Crippen LogP contribution in [0.5, 0.6) is 0 Å². The predicted octanol–water partition coefficient (Wildman–Crippen LogP) is 1.86. The van der Waals surface area contributed by atoms with Crippen LogP contribution in [0.3, 0.4) is 0 Å². The Hall–Kier alpha value is -1.07. The number of aryl methyl sites for hydroxylation is 2. The molecule has 1 rings (SSSR count). The Morgan fingerprint density at radius 3 is 2.74 bits per heavy atom. The van der Waals surface area contributed by atoms with Crippen LogP contribution in [-0.4, -0.2) is 22.2 Å². The monoisotopic (exact) mass is 286 g/mol. The van der Waals surface area contributed by atoms with Crippen LogP contribution >= 0.6 is 11.6 Å². The molecule has 0 saturated carbocycles. The van der Waals surface area contributed by atoms with Gasteiger partial charge >= 0.3 is 0 Å². The summed E-state index contributed by atoms with van der Waals surface area (Å²) in [4.78, 5) is 10.6. The van der Waals surface area contributed by atoms with Gasteiger partial charge in [0.1, 0.15) is 0 Å². The number of halogens is 1. The van der Waals surface area contributed by atoms with Crippen LogP contribution in [0.2, 0.25) is 5.02 Å². The Morgan fingerprint density at radius 2 is 2.16 bits per heavy atom. The quantitative estimate of drug-likeness (QED) is 0.681. The third-order valence-corrected chi connectivity index (χ3v) is 3.45. The molecule has 3 N–H and O–H groups in total. The van der Waals surface area contributed by atoms with Crippen molar-refractivity contribution >= 4 is 17.5 Å². The first kappa shape index (κ1) is 16.0. The minimum absolute atomic E-state index is 0.236. The molecule has 1 aromatic heterocycles. The number of unbranched alkanes of at least 4 members (excludes halogenated alkanes) is 1. The maximum atomic E-state index is 10.6. The number of carbonyl (C=O) groups is 1. The molecule has 0 aliphatic carbocycles. The lowest BCUT2D eigenvalue weighted by Gasteiger charge is -2.07. The van der Waals surface area contributed by atoms with Gasteiger partial charge in [-0.05, 0) is 32.7 Å². The third-order valence-electron chi connectivity index (χ3n) is 3.01. The van der Waals surface area contributed by atoms with E-state index < -0.39 is 0 Å². The second-order valence-corrected chi connectivity index (χ2v) is 4.85. The number of nitrogens with two attached hydrogens (primary N) is 1. The fourth-order valence-electron chi connectivity index (χ4n) is 1.94. The number of nitrogens with zero attached hydrogens (tertiary/aromatic N) is 2. The minimum Gasteiger partial charge on any atom is -0.370 e. The lowest BCUT2D eigenvalue weighted by atomic mass is 10.2. The smallest absolute Gasteiger partial charge is 0.217 e. The zero-order chi connectivity index (χ0) is 14.3. The van der Waals surface area contributed by atoms with Crippen molar-refractivity contribution in [3.05, 3.63) is 16.4 Å². The summed E-state index contributed by atoms with van der Waals surface area (Å²) in [6.45, 7) is 6.48. The average Bonchev–Trinajstić information content (AvgIpc) is 2.69. The standard InChI is InChI=1S/C13H23ClN4O/c1-3-10-13(14)11(18(4-2)17-10)9-16-8-6-5-7-12(15)19/h16H,3-9H2,1-2H3,(H2,15,19). The number of hydrogen-bond acceptors (Lipinski definition) is 3. The van der Waals surface area contributed by atoms with E-state index in [0.717, 1.165) is 48.8 Å². The lowest BCUT2D eigenvalue weighted by molar-refractivity contribution is -0.118. The molecule has 108 valence electrons. The highest BCUT2D eigenvalue weighted by atomic mass is 35.5. The van der Waals surface area contributed by atoms with Crippen molar-refractivity contribution in [2.24, 2.45) is 5.73 Å². The van der Waals surface area contributed by atoms with Gasteiger partial charge < -0.3 is 11.1 Å². The summed E-state index contributed by atoms with van der Waals surface area (Å²) in [5, 5.41) is 8.57. The number of amides is 1. The second-order valence-electron chi connectivity index (χ2n) is 4.48. The molecule has 0 unspecified atom stereocenters. The van der Waals surface area contributed by atoms with Crippen molar-refractivity contribution in [3.8, 4) is 0 Å². The van der Waals surface area contributed by atoms with Crippen molar-refractivity contribution in [3.63, 3.8) is 0 Å². The molecule has 0 atom stereocenters. The number of primary amides is 1. The van der Waals surface area contributed by atoms with Gasteiger partial charge in [0, 0.05) is 19.5 Å². The average molecular weight is 287 g/mol. The van der Waals surface area contributed by atoms with Gasteiger partial charge in [-0.25, -0.2) is 0 Å². The predicted molar refractivity (Wildman–Crippen MR) is 77.0 cm³/mol. The Kier molecular flexibility index (Phi) is 6.87. The number of carbonyl (C=O) groups excluding carboxylic acids is 1. The van der Waals surface area contributed by atoms with Crippen LogP contribution in [-0.2, 0) is 24.3 Å². The molecule has 0 aromatic carbocycles. The summed E-state index contributed by atoms with van der Waals surface area (Å²) < 4.78 is 1.94. The molecule has 5 nitrogen and oxygen atoms in total. The van der Waals surface area contributed by atoms with E-state index in [1.54, 1.807) is 0 Å². The molecule has 1 aromatic rings. The van der Waals surface area contributed by atoms with E-state index in [1.807, 2.05) is 4.68 Å². The van der Waals surface area contributed by atoms with Gasteiger partial charge in [-0.1, -0.05) is 18.5 Å². The molecule has 0 radical (unpaired) electrons. The molecule has 0 fully saturated rings. The number of nitrogens with one attached hydrogen (secondary N) is 1. The fraction of sp³-hybridized carbons (Fsp3) is 0.692. The molecule has 1 amide bonds. The Balaban J connectivity index is 2.40. The van der Waals surface area contributed by atoms with Gasteiger partial charge in [-0.15, -0.1) is 0 Å². The Morgan fingerprint density at radius 1 is 1.42 bits per heavy atom. The van der Waals surface area contributed by atoms with E-state index in [1.165, 1.54) is 0 Å². The first-order valence-electron chi connectivity index (χ1n) is 6.83. The van der Waals surface area contributed by atoms with Gasteiger partial charge in [0.25, 0.3) is 0 Å². The molecule has 0 aliphatic rings. The summed E-state index contributed by atoms with van der Waals surface area (Å²) in [6.07, 6.45) is 3.05. The van der Waals surface area contributed by atoms with Crippen LogP contribution in [0.25, 0.3) is 0 Å². The topological polar surface area (TPSA) is 72.9 Å². The van der Waals surface area contributed by atoms with Gasteiger partial charge in [-0.3, -0.25) is 9.48 Å². The van der Waals surface area contributed by atoms with Crippen LogP contribution in [0.15, 0.2) is 0 Å². The van der Waals surface area contributed by atoms with Gasteiger partial charge in [0.15, 0.2) is 0 Å². The van der Waals surface area contributed by atoms with E-state index in [4.69, 9.17) is 17.3 Å². The van der Waals surface area contributed by atoms with E-state index in [9.17, 15) is 4.79 Å². The second kappa shape index (κ2) is 8.17. The van der Waals surface area contributed by atoms with Crippen molar-refractivity contribution in [1.29, 1.82) is 0 Å². The van der Waals surface area contributed by atoms with Crippen LogP contribution in [0.4, 0.5) is 0 Å². The number of hydrogen-bond donors (Lipinski definition) is 2. The molecule has 0 bridgehead atoms. The summed E-state index contributed by atoms with van der Waals surface area (Å²) in [6, 6.07) is 0. The van der Waals surface area contributed by atoms with E-state index in [-0.39, 0.29) is 5.91 Å². The molecule has 6 heteroatoms. The highest BCUT2D eigenvalue weighted by molar-refractivity contribution is 6.31. The van der Waals surface area contributed by atoms with Crippen LogP contribution in [0.1, 0.15) is 44.5 Å². The maximum Gasteiger partial charge on any atom is 0.217 e. The fourth-order valence-corrected chi connectivity index (χ4v) is 2.28. The SMILES string of the molecule is CCc1nn(CC)c(CNCCCCC(N)=O)c1Cl. The molecule has 0 saturated heterocycles. The molecule has 1 heterocycles. The Labute approximate surface area is 119 Å². The van der Waals surface area contributed by atoms with Gasteiger partial charge in [0.2, 0.25) is 5.91 Å². The van der Waals surface area contributed by atoms with Crippen molar-refractivity contribution < 1.29 is 4.79 Å². The first-order chi connectivity index (χ1) is 9.10. The highest BCUT2D eigenvalue weighted by Crippen LogP contribution is 2.21. The van der Waals surface area contributed by atoms with Crippen LogP contribution < -0.4 is 11.1 Å². The summed E-state index contributed by atoms with van der Waals surface area (Å²) in [5.41, 5.74) is 7.08. The molecule has 0 spiro atoms.